The quantitative estimate of drug-likeness (QED) is 0.668. The van der Waals surface area contributed by atoms with Crippen LogP contribution in [0.3, 0.4) is 0 Å². The van der Waals surface area contributed by atoms with Crippen molar-refractivity contribution >= 4 is 29.3 Å². The van der Waals surface area contributed by atoms with Crippen LogP contribution >= 0.6 is 11.8 Å². The summed E-state index contributed by atoms with van der Waals surface area (Å²) < 4.78 is 1.51. The highest BCUT2D eigenvalue weighted by atomic mass is 32.2. The minimum Gasteiger partial charge on any atom is -0.364 e. The zero-order valence-electron chi connectivity index (χ0n) is 13.3. The Labute approximate surface area is 149 Å². The first-order valence-corrected chi connectivity index (χ1v) is 8.54. The average molecular weight is 352 g/mol. The van der Waals surface area contributed by atoms with E-state index in [4.69, 9.17) is 5.73 Å². The highest BCUT2D eigenvalue weighted by Crippen LogP contribution is 2.21. The third-order valence-corrected chi connectivity index (χ3v) is 4.39. The molecule has 3 rings (SSSR count). The maximum atomic E-state index is 12.2. The van der Waals surface area contributed by atoms with E-state index in [2.05, 4.69) is 10.4 Å². The van der Waals surface area contributed by atoms with Gasteiger partial charge in [-0.25, -0.2) is 4.68 Å². The fourth-order valence-electron chi connectivity index (χ4n) is 2.22. The van der Waals surface area contributed by atoms with Gasteiger partial charge in [-0.1, -0.05) is 30.3 Å². The summed E-state index contributed by atoms with van der Waals surface area (Å²) in [5.74, 6) is -0.424. The van der Waals surface area contributed by atoms with Gasteiger partial charge < -0.3 is 11.1 Å². The Morgan fingerprint density at radius 1 is 1.04 bits per heavy atom. The number of nitrogens with two attached hydrogens (primary N) is 1. The number of amides is 2. The van der Waals surface area contributed by atoms with E-state index in [9.17, 15) is 9.59 Å². The predicted molar refractivity (Wildman–Crippen MR) is 97.9 cm³/mol. The standard InChI is InChI=1S/C18H16N4O2S/c19-18(24)15-10-11-22(21-15)16-9-5-4-8-14(16)20-17(23)12-25-13-6-2-1-3-7-13/h1-11H,12H2,(H2,19,24)(H,20,23). The van der Waals surface area contributed by atoms with Gasteiger partial charge >= 0.3 is 0 Å². The van der Waals surface area contributed by atoms with E-state index in [1.165, 1.54) is 22.5 Å². The van der Waals surface area contributed by atoms with E-state index < -0.39 is 5.91 Å². The maximum Gasteiger partial charge on any atom is 0.269 e. The molecule has 0 aliphatic carbocycles. The Hall–Kier alpha value is -3.06. The third-order valence-electron chi connectivity index (χ3n) is 3.38. The maximum absolute atomic E-state index is 12.2. The van der Waals surface area contributed by atoms with Gasteiger partial charge in [0.2, 0.25) is 5.91 Å². The van der Waals surface area contributed by atoms with Gasteiger partial charge in [-0.05, 0) is 30.3 Å². The van der Waals surface area contributed by atoms with Gasteiger partial charge in [0.25, 0.3) is 5.91 Å². The van der Waals surface area contributed by atoms with E-state index in [1.54, 1.807) is 18.3 Å². The van der Waals surface area contributed by atoms with Crippen LogP contribution in [0.1, 0.15) is 10.5 Å². The molecule has 0 spiro atoms. The van der Waals surface area contributed by atoms with Gasteiger partial charge in [0.1, 0.15) is 5.69 Å². The van der Waals surface area contributed by atoms with Crippen molar-refractivity contribution in [2.45, 2.75) is 4.90 Å². The number of nitrogens with one attached hydrogen (secondary N) is 1. The van der Waals surface area contributed by atoms with Crippen molar-refractivity contribution in [1.29, 1.82) is 0 Å². The monoisotopic (exact) mass is 352 g/mol. The molecule has 25 heavy (non-hydrogen) atoms. The zero-order chi connectivity index (χ0) is 17.6. The van der Waals surface area contributed by atoms with Crippen LogP contribution in [-0.4, -0.2) is 27.3 Å². The molecule has 0 aliphatic heterocycles. The number of carbonyl (C=O) groups excluding carboxylic acids is 2. The second-order valence-electron chi connectivity index (χ2n) is 5.18. The normalized spacial score (nSPS) is 10.4. The molecule has 0 aliphatic rings. The van der Waals surface area contributed by atoms with Crippen molar-refractivity contribution in [1.82, 2.24) is 9.78 Å². The molecular formula is C18H16N4O2S. The number of nitrogens with zero attached hydrogens (tertiary/aromatic N) is 2. The van der Waals surface area contributed by atoms with E-state index in [0.29, 0.717) is 17.1 Å². The molecule has 2 amide bonds. The largest absolute Gasteiger partial charge is 0.364 e. The van der Waals surface area contributed by atoms with E-state index in [-0.39, 0.29) is 11.6 Å². The van der Waals surface area contributed by atoms with E-state index in [0.717, 1.165) is 4.90 Å². The highest BCUT2D eigenvalue weighted by molar-refractivity contribution is 8.00. The van der Waals surface area contributed by atoms with Crippen molar-refractivity contribution in [2.75, 3.05) is 11.1 Å². The summed E-state index contributed by atoms with van der Waals surface area (Å²) in [4.78, 5) is 24.5. The summed E-state index contributed by atoms with van der Waals surface area (Å²) >= 11 is 1.46. The number of benzene rings is 2. The van der Waals surface area contributed by atoms with Crippen LogP contribution in [0.25, 0.3) is 5.69 Å². The lowest BCUT2D eigenvalue weighted by atomic mass is 10.2. The number of hydrogen-bond donors (Lipinski definition) is 2. The number of carbonyl (C=O) groups is 2. The summed E-state index contributed by atoms with van der Waals surface area (Å²) in [6.07, 6.45) is 1.63. The Kier molecular flexibility index (Phi) is 5.15. The fourth-order valence-corrected chi connectivity index (χ4v) is 2.94. The Morgan fingerprint density at radius 2 is 1.76 bits per heavy atom. The third kappa shape index (κ3) is 4.27. The molecule has 7 heteroatoms. The number of para-hydroxylation sites is 2. The second kappa shape index (κ2) is 7.67. The molecular weight excluding hydrogens is 336 g/mol. The van der Waals surface area contributed by atoms with Crippen LogP contribution in [0.15, 0.2) is 71.8 Å². The molecule has 6 nitrogen and oxygen atoms in total. The molecule has 3 N–H and O–H groups in total. The molecule has 126 valence electrons. The molecule has 0 radical (unpaired) electrons. The summed E-state index contributed by atoms with van der Waals surface area (Å²) in [5.41, 5.74) is 6.67. The van der Waals surface area contributed by atoms with E-state index >= 15 is 0 Å². The zero-order valence-corrected chi connectivity index (χ0v) is 14.1. The van der Waals surface area contributed by atoms with E-state index in [1.807, 2.05) is 42.5 Å². The smallest absolute Gasteiger partial charge is 0.269 e. The van der Waals surface area contributed by atoms with Crippen LogP contribution in [-0.2, 0) is 4.79 Å². The molecule has 1 aromatic heterocycles. The van der Waals surface area contributed by atoms with Crippen molar-refractivity contribution in [2.24, 2.45) is 5.73 Å². The minimum absolute atomic E-state index is 0.122. The van der Waals surface area contributed by atoms with Gasteiger partial charge in [-0.15, -0.1) is 11.8 Å². The number of primary amides is 1. The van der Waals surface area contributed by atoms with Gasteiger partial charge in [-0.3, -0.25) is 9.59 Å². The molecule has 1 heterocycles. The van der Waals surface area contributed by atoms with Gasteiger partial charge in [0, 0.05) is 11.1 Å². The minimum atomic E-state index is -0.598. The molecule has 2 aromatic carbocycles. The van der Waals surface area contributed by atoms with Crippen LogP contribution in [0.5, 0.6) is 0 Å². The SMILES string of the molecule is NC(=O)c1ccn(-c2ccccc2NC(=O)CSc2ccccc2)n1. The molecule has 0 saturated heterocycles. The molecule has 0 unspecified atom stereocenters. The molecule has 0 bridgehead atoms. The van der Waals surface area contributed by atoms with Gasteiger partial charge in [0.15, 0.2) is 0 Å². The van der Waals surface area contributed by atoms with Gasteiger partial charge in [-0.2, -0.15) is 5.10 Å². The van der Waals surface area contributed by atoms with Crippen LogP contribution in [0, 0.1) is 0 Å². The molecule has 3 aromatic rings. The summed E-state index contributed by atoms with van der Waals surface area (Å²) in [7, 11) is 0. The molecule has 0 fully saturated rings. The Bertz CT molecular complexity index is 893. The number of hydrogen-bond acceptors (Lipinski definition) is 4. The molecule has 0 saturated carbocycles. The first kappa shape index (κ1) is 16.8. The van der Waals surface area contributed by atoms with Crippen molar-refractivity contribution in [3.8, 4) is 5.69 Å². The Balaban J connectivity index is 1.72. The topological polar surface area (TPSA) is 90.0 Å². The first-order valence-electron chi connectivity index (χ1n) is 7.56. The lowest BCUT2D eigenvalue weighted by Gasteiger charge is -2.11. The average Bonchev–Trinajstić information content (AvgIpc) is 3.12. The summed E-state index contributed by atoms with van der Waals surface area (Å²) in [5, 5.41) is 7.01. The predicted octanol–water partition coefficient (Wildman–Crippen LogP) is 2.70. The summed E-state index contributed by atoms with van der Waals surface area (Å²) in [6.45, 7) is 0. The van der Waals surface area contributed by atoms with Crippen molar-refractivity contribution in [3.63, 3.8) is 0 Å². The second-order valence-corrected chi connectivity index (χ2v) is 6.23. The van der Waals surface area contributed by atoms with Gasteiger partial charge in [0.05, 0.1) is 17.1 Å². The fraction of sp³-hybridized carbons (Fsp3) is 0.0556. The first-order chi connectivity index (χ1) is 12.1. The molecule has 0 atom stereocenters. The van der Waals surface area contributed by atoms with Crippen LogP contribution in [0.2, 0.25) is 0 Å². The Morgan fingerprint density at radius 3 is 2.48 bits per heavy atom. The highest BCUT2D eigenvalue weighted by Gasteiger charge is 2.11. The van der Waals surface area contributed by atoms with Crippen LogP contribution in [0.4, 0.5) is 5.69 Å². The van der Waals surface area contributed by atoms with Crippen LogP contribution < -0.4 is 11.1 Å². The number of aromatic nitrogens is 2. The lowest BCUT2D eigenvalue weighted by Crippen LogP contribution is -2.16. The number of thioether (sulfide) groups is 1. The van der Waals surface area contributed by atoms with Crippen molar-refractivity contribution in [3.05, 3.63) is 72.6 Å². The lowest BCUT2D eigenvalue weighted by molar-refractivity contribution is -0.113. The summed E-state index contributed by atoms with van der Waals surface area (Å²) in [6, 6.07) is 18.5. The van der Waals surface area contributed by atoms with Crippen molar-refractivity contribution < 1.29 is 9.59 Å². The number of rotatable bonds is 6. The number of anilines is 1.